The first-order chi connectivity index (χ1) is 7.51. The van der Waals surface area contributed by atoms with Gasteiger partial charge in [0.05, 0.1) is 5.54 Å². The van der Waals surface area contributed by atoms with Crippen molar-refractivity contribution in [3.63, 3.8) is 0 Å². The van der Waals surface area contributed by atoms with E-state index in [-0.39, 0.29) is 6.54 Å². The number of rotatable bonds is 2. The predicted octanol–water partition coefficient (Wildman–Crippen LogP) is 2.17. The Labute approximate surface area is 94.0 Å². The van der Waals surface area contributed by atoms with Crippen molar-refractivity contribution < 1.29 is 8.78 Å². The van der Waals surface area contributed by atoms with Crippen LogP contribution in [0.5, 0.6) is 0 Å². The molecule has 16 heavy (non-hydrogen) atoms. The first-order valence-corrected chi connectivity index (χ1v) is 5.40. The van der Waals surface area contributed by atoms with E-state index in [9.17, 15) is 8.78 Å². The fraction of sp³-hybridized carbons (Fsp3) is 0.500. The second-order valence-corrected chi connectivity index (χ2v) is 4.54. The van der Waals surface area contributed by atoms with Gasteiger partial charge in [-0.05, 0) is 25.5 Å². The Hall–Kier alpha value is -1.16. The Balaban J connectivity index is 2.12. The molecule has 0 aliphatic carbocycles. The quantitative estimate of drug-likeness (QED) is 0.837. The predicted molar refractivity (Wildman–Crippen MR) is 60.9 cm³/mol. The van der Waals surface area contributed by atoms with Crippen LogP contribution in [-0.2, 0) is 0 Å². The van der Waals surface area contributed by atoms with E-state index in [4.69, 9.17) is 5.73 Å². The van der Waals surface area contributed by atoms with Gasteiger partial charge < -0.3 is 10.6 Å². The molecule has 2 rings (SSSR count). The minimum absolute atomic E-state index is 0.230. The largest absolute Gasteiger partial charge is 0.369 e. The monoisotopic (exact) mass is 226 g/mol. The van der Waals surface area contributed by atoms with Crippen LogP contribution in [0.2, 0.25) is 0 Å². The lowest BCUT2D eigenvalue weighted by Crippen LogP contribution is -2.49. The van der Waals surface area contributed by atoms with Gasteiger partial charge in [-0.3, -0.25) is 0 Å². The van der Waals surface area contributed by atoms with E-state index >= 15 is 0 Å². The highest BCUT2D eigenvalue weighted by Gasteiger charge is 2.42. The molecule has 0 spiro atoms. The fourth-order valence-corrected chi connectivity index (χ4v) is 2.01. The molecule has 1 aliphatic heterocycles. The molecule has 0 amide bonds. The van der Waals surface area contributed by atoms with Crippen molar-refractivity contribution in [2.24, 2.45) is 5.73 Å². The van der Waals surface area contributed by atoms with Gasteiger partial charge in [-0.2, -0.15) is 0 Å². The Morgan fingerprint density at radius 2 is 1.94 bits per heavy atom. The zero-order valence-electron chi connectivity index (χ0n) is 9.29. The van der Waals surface area contributed by atoms with E-state index in [0.29, 0.717) is 13.0 Å². The standard InChI is InChI=1S/C12H16F2N2/c1-9-2-4-10(5-3-9)16-7-6-12(15,8-16)11(13)14/h2-5,11H,6-8,15H2,1H3. The van der Waals surface area contributed by atoms with Gasteiger partial charge in [0.1, 0.15) is 0 Å². The Morgan fingerprint density at radius 1 is 1.31 bits per heavy atom. The van der Waals surface area contributed by atoms with Crippen molar-refractivity contribution in [3.05, 3.63) is 29.8 Å². The van der Waals surface area contributed by atoms with Gasteiger partial charge in [-0.1, -0.05) is 17.7 Å². The summed E-state index contributed by atoms with van der Waals surface area (Å²) in [5.74, 6) is 0. The van der Waals surface area contributed by atoms with Crippen molar-refractivity contribution in [1.29, 1.82) is 0 Å². The molecule has 1 aromatic rings. The third kappa shape index (κ3) is 2.02. The molecule has 88 valence electrons. The highest BCUT2D eigenvalue weighted by Crippen LogP contribution is 2.29. The van der Waals surface area contributed by atoms with Gasteiger partial charge in [-0.15, -0.1) is 0 Å². The van der Waals surface area contributed by atoms with Crippen molar-refractivity contribution in [2.75, 3.05) is 18.0 Å². The molecule has 1 atom stereocenters. The molecule has 1 heterocycles. The van der Waals surface area contributed by atoms with Crippen LogP contribution >= 0.6 is 0 Å². The summed E-state index contributed by atoms with van der Waals surface area (Å²) in [6.07, 6.45) is -2.11. The second kappa shape index (κ2) is 4.01. The van der Waals surface area contributed by atoms with Crippen molar-refractivity contribution in [1.82, 2.24) is 0 Å². The molecule has 1 saturated heterocycles. The lowest BCUT2D eigenvalue weighted by molar-refractivity contribution is 0.0655. The van der Waals surface area contributed by atoms with Crippen LogP contribution in [0, 0.1) is 6.92 Å². The van der Waals surface area contributed by atoms with Gasteiger partial charge in [0.25, 0.3) is 6.43 Å². The van der Waals surface area contributed by atoms with Crippen LogP contribution < -0.4 is 10.6 Å². The molecule has 0 radical (unpaired) electrons. The molecule has 1 aromatic carbocycles. The first-order valence-electron chi connectivity index (χ1n) is 5.40. The van der Waals surface area contributed by atoms with E-state index in [0.717, 1.165) is 11.3 Å². The second-order valence-electron chi connectivity index (χ2n) is 4.54. The smallest absolute Gasteiger partial charge is 0.258 e. The van der Waals surface area contributed by atoms with Crippen molar-refractivity contribution in [3.8, 4) is 0 Å². The molecule has 1 unspecified atom stereocenters. The van der Waals surface area contributed by atoms with E-state index in [1.807, 2.05) is 36.1 Å². The number of hydrogen-bond donors (Lipinski definition) is 1. The minimum atomic E-state index is -2.46. The van der Waals surface area contributed by atoms with Crippen LogP contribution in [0.4, 0.5) is 14.5 Å². The summed E-state index contributed by atoms with van der Waals surface area (Å²) in [4.78, 5) is 1.92. The summed E-state index contributed by atoms with van der Waals surface area (Å²) in [6, 6.07) is 7.86. The molecule has 0 bridgehead atoms. The number of halogens is 2. The zero-order valence-corrected chi connectivity index (χ0v) is 9.29. The summed E-state index contributed by atoms with van der Waals surface area (Å²) in [5, 5.41) is 0. The number of alkyl halides is 2. The highest BCUT2D eigenvalue weighted by molar-refractivity contribution is 5.49. The summed E-state index contributed by atoms with van der Waals surface area (Å²) in [6.45, 7) is 2.83. The Kier molecular flexibility index (Phi) is 2.84. The maximum absolute atomic E-state index is 12.7. The number of aryl methyl sites for hydroxylation is 1. The van der Waals surface area contributed by atoms with E-state index in [1.54, 1.807) is 0 Å². The van der Waals surface area contributed by atoms with Crippen LogP contribution in [0.3, 0.4) is 0 Å². The molecular formula is C12H16F2N2. The lowest BCUT2D eigenvalue weighted by Gasteiger charge is -2.24. The topological polar surface area (TPSA) is 29.3 Å². The van der Waals surface area contributed by atoms with E-state index in [2.05, 4.69) is 0 Å². The first kappa shape index (κ1) is 11.3. The zero-order chi connectivity index (χ0) is 11.8. The maximum Gasteiger partial charge on any atom is 0.258 e. The minimum Gasteiger partial charge on any atom is -0.369 e. The van der Waals surface area contributed by atoms with Crippen LogP contribution in [0.15, 0.2) is 24.3 Å². The normalized spacial score (nSPS) is 25.4. The lowest BCUT2D eigenvalue weighted by atomic mass is 10.0. The molecule has 4 heteroatoms. The molecule has 1 fully saturated rings. The van der Waals surface area contributed by atoms with Gasteiger partial charge in [0.2, 0.25) is 0 Å². The van der Waals surface area contributed by atoms with Gasteiger partial charge >= 0.3 is 0 Å². The van der Waals surface area contributed by atoms with Crippen LogP contribution in [-0.4, -0.2) is 25.1 Å². The molecule has 0 saturated carbocycles. The average molecular weight is 226 g/mol. The van der Waals surface area contributed by atoms with Crippen molar-refractivity contribution >= 4 is 5.69 Å². The van der Waals surface area contributed by atoms with Gasteiger partial charge in [0.15, 0.2) is 0 Å². The molecule has 0 aromatic heterocycles. The number of hydrogen-bond acceptors (Lipinski definition) is 2. The number of benzene rings is 1. The van der Waals surface area contributed by atoms with Crippen LogP contribution in [0.25, 0.3) is 0 Å². The Morgan fingerprint density at radius 3 is 2.44 bits per heavy atom. The SMILES string of the molecule is Cc1ccc(N2CCC(N)(C(F)F)C2)cc1. The summed E-state index contributed by atoms with van der Waals surface area (Å²) in [5.41, 5.74) is 6.46. The molecular weight excluding hydrogens is 210 g/mol. The third-order valence-corrected chi connectivity index (χ3v) is 3.17. The molecule has 2 N–H and O–H groups in total. The third-order valence-electron chi connectivity index (χ3n) is 3.17. The maximum atomic E-state index is 12.7. The number of anilines is 1. The molecule has 1 aliphatic rings. The Bertz CT molecular complexity index is 364. The van der Waals surface area contributed by atoms with Crippen LogP contribution in [0.1, 0.15) is 12.0 Å². The highest BCUT2D eigenvalue weighted by atomic mass is 19.3. The van der Waals surface area contributed by atoms with Gasteiger partial charge in [0, 0.05) is 18.8 Å². The average Bonchev–Trinajstić information content (AvgIpc) is 2.63. The fourth-order valence-electron chi connectivity index (χ4n) is 2.01. The van der Waals surface area contributed by atoms with E-state index in [1.165, 1.54) is 0 Å². The number of nitrogens with two attached hydrogens (primary N) is 1. The summed E-state index contributed by atoms with van der Waals surface area (Å²) >= 11 is 0. The number of nitrogens with zero attached hydrogens (tertiary/aromatic N) is 1. The summed E-state index contributed by atoms with van der Waals surface area (Å²) in [7, 11) is 0. The summed E-state index contributed by atoms with van der Waals surface area (Å²) < 4.78 is 25.5. The van der Waals surface area contributed by atoms with E-state index < -0.39 is 12.0 Å². The van der Waals surface area contributed by atoms with Gasteiger partial charge in [-0.25, -0.2) is 8.78 Å². The molecule has 2 nitrogen and oxygen atoms in total. The van der Waals surface area contributed by atoms with Crippen molar-refractivity contribution in [2.45, 2.75) is 25.3 Å².